The summed E-state index contributed by atoms with van der Waals surface area (Å²) in [6.07, 6.45) is 0.770. The first-order valence-corrected chi connectivity index (χ1v) is 6.57. The quantitative estimate of drug-likeness (QED) is 0.620. The average Bonchev–Trinajstić information content (AvgIpc) is 3.17. The van der Waals surface area contributed by atoms with Gasteiger partial charge in [-0.15, -0.1) is 0 Å². The van der Waals surface area contributed by atoms with E-state index < -0.39 is 0 Å². The van der Waals surface area contributed by atoms with Gasteiger partial charge in [-0.3, -0.25) is 19.3 Å². The van der Waals surface area contributed by atoms with Gasteiger partial charge in [-0.1, -0.05) is 12.1 Å². The summed E-state index contributed by atoms with van der Waals surface area (Å²) in [6, 6.07) is 6.94. The van der Waals surface area contributed by atoms with Crippen molar-refractivity contribution in [1.29, 1.82) is 0 Å². The van der Waals surface area contributed by atoms with Gasteiger partial charge in [0.25, 0.3) is 0 Å². The fraction of sp³-hybridized carbons (Fsp3) is 0.357. The van der Waals surface area contributed by atoms with Gasteiger partial charge in [0.15, 0.2) is 0 Å². The molecule has 1 aromatic rings. The number of para-hydroxylation sites is 2. The number of likely N-dealkylation sites (tertiary alicyclic amines) is 1. The average molecular weight is 273 g/mol. The number of benzene rings is 1. The fourth-order valence-corrected chi connectivity index (χ4v) is 2.51. The van der Waals surface area contributed by atoms with Gasteiger partial charge in [0, 0.05) is 13.0 Å². The Kier molecular flexibility index (Phi) is 2.93. The standard InChI is InChI=1S/C14H15N3O3/c15-10-3-1-2-4-11(10)16-12(18)5-6-17-13(19)8-7-9(8)14(17)20/h1-4,8-9H,5-7,15H2,(H,16,18). The fourth-order valence-electron chi connectivity index (χ4n) is 2.51. The molecule has 1 aliphatic carbocycles. The second-order valence-corrected chi connectivity index (χ2v) is 5.16. The van der Waals surface area contributed by atoms with Gasteiger partial charge in [-0.2, -0.15) is 0 Å². The predicted molar refractivity (Wildman–Crippen MR) is 72.4 cm³/mol. The second-order valence-electron chi connectivity index (χ2n) is 5.16. The SMILES string of the molecule is Nc1ccccc1NC(=O)CCN1C(=O)C2CC2C1=O. The van der Waals surface area contributed by atoms with Crippen molar-refractivity contribution in [1.82, 2.24) is 4.90 Å². The van der Waals surface area contributed by atoms with E-state index in [0.717, 1.165) is 0 Å². The van der Waals surface area contributed by atoms with Crippen molar-refractivity contribution in [2.24, 2.45) is 11.8 Å². The van der Waals surface area contributed by atoms with Crippen LogP contribution in [0, 0.1) is 11.8 Å². The zero-order valence-electron chi connectivity index (χ0n) is 10.8. The molecule has 1 aliphatic heterocycles. The molecule has 6 heteroatoms. The summed E-state index contributed by atoms with van der Waals surface area (Å²) in [6.45, 7) is 0.142. The molecule has 2 aliphatic rings. The summed E-state index contributed by atoms with van der Waals surface area (Å²) in [5.74, 6) is -0.756. The zero-order chi connectivity index (χ0) is 14.3. The van der Waals surface area contributed by atoms with Crippen LogP contribution in [0.2, 0.25) is 0 Å². The molecule has 6 nitrogen and oxygen atoms in total. The number of carbonyl (C=O) groups is 3. The van der Waals surface area contributed by atoms with Crippen molar-refractivity contribution in [3.8, 4) is 0 Å². The van der Waals surface area contributed by atoms with Crippen molar-refractivity contribution in [3.05, 3.63) is 24.3 Å². The Morgan fingerprint density at radius 1 is 1.25 bits per heavy atom. The number of nitrogens with two attached hydrogens (primary N) is 1. The van der Waals surface area contributed by atoms with E-state index in [-0.39, 0.29) is 42.5 Å². The van der Waals surface area contributed by atoms with Gasteiger partial charge in [0.05, 0.1) is 23.2 Å². The topological polar surface area (TPSA) is 92.5 Å². The Morgan fingerprint density at radius 3 is 2.55 bits per heavy atom. The number of amides is 3. The summed E-state index contributed by atoms with van der Waals surface area (Å²) >= 11 is 0. The number of rotatable bonds is 4. The van der Waals surface area contributed by atoms with E-state index in [2.05, 4.69) is 5.32 Å². The molecule has 1 heterocycles. The molecular weight excluding hydrogens is 258 g/mol. The van der Waals surface area contributed by atoms with E-state index in [4.69, 9.17) is 5.73 Å². The number of imide groups is 1. The van der Waals surface area contributed by atoms with Gasteiger partial charge < -0.3 is 11.1 Å². The summed E-state index contributed by atoms with van der Waals surface area (Å²) in [7, 11) is 0. The molecule has 3 rings (SSSR count). The van der Waals surface area contributed by atoms with Crippen LogP contribution in [0.15, 0.2) is 24.3 Å². The minimum Gasteiger partial charge on any atom is -0.397 e. The van der Waals surface area contributed by atoms with Crippen molar-refractivity contribution >= 4 is 29.1 Å². The molecule has 0 radical (unpaired) electrons. The van der Waals surface area contributed by atoms with Crippen LogP contribution >= 0.6 is 0 Å². The molecule has 3 N–H and O–H groups in total. The third-order valence-corrected chi connectivity index (χ3v) is 3.75. The Bertz CT molecular complexity index is 579. The number of piperidine rings is 1. The van der Waals surface area contributed by atoms with Crippen LogP contribution in [0.25, 0.3) is 0 Å². The molecule has 0 bridgehead atoms. The molecule has 0 spiro atoms. The van der Waals surface area contributed by atoms with Gasteiger partial charge in [-0.05, 0) is 18.6 Å². The molecule has 0 aromatic heterocycles. The van der Waals surface area contributed by atoms with Crippen LogP contribution in [0.3, 0.4) is 0 Å². The maximum absolute atomic E-state index is 11.8. The molecule has 104 valence electrons. The van der Waals surface area contributed by atoms with Gasteiger partial charge in [-0.25, -0.2) is 0 Å². The maximum Gasteiger partial charge on any atom is 0.233 e. The van der Waals surface area contributed by atoms with Crippen LogP contribution in [0.1, 0.15) is 12.8 Å². The van der Waals surface area contributed by atoms with Crippen molar-refractivity contribution in [2.75, 3.05) is 17.6 Å². The summed E-state index contributed by atoms with van der Waals surface area (Å²) in [5, 5.41) is 2.67. The Balaban J connectivity index is 1.54. The lowest BCUT2D eigenvalue weighted by Crippen LogP contribution is -2.35. The summed E-state index contributed by atoms with van der Waals surface area (Å²) in [5.41, 5.74) is 6.74. The predicted octanol–water partition coefficient (Wildman–Crippen LogP) is 0.602. The maximum atomic E-state index is 11.8. The first-order valence-electron chi connectivity index (χ1n) is 6.57. The minimum absolute atomic E-state index is 0.0885. The number of nitrogen functional groups attached to an aromatic ring is 1. The van der Waals surface area contributed by atoms with Crippen LogP contribution in [0.5, 0.6) is 0 Å². The Labute approximate surface area is 115 Å². The first-order chi connectivity index (χ1) is 9.58. The summed E-state index contributed by atoms with van der Waals surface area (Å²) < 4.78 is 0. The van der Waals surface area contributed by atoms with Crippen LogP contribution < -0.4 is 11.1 Å². The van der Waals surface area contributed by atoms with E-state index in [9.17, 15) is 14.4 Å². The molecule has 20 heavy (non-hydrogen) atoms. The van der Waals surface area contributed by atoms with Crippen molar-refractivity contribution in [2.45, 2.75) is 12.8 Å². The monoisotopic (exact) mass is 273 g/mol. The third-order valence-electron chi connectivity index (χ3n) is 3.75. The van der Waals surface area contributed by atoms with E-state index in [0.29, 0.717) is 17.8 Å². The number of anilines is 2. The minimum atomic E-state index is -0.260. The van der Waals surface area contributed by atoms with Crippen LogP contribution in [-0.2, 0) is 14.4 Å². The number of nitrogens with one attached hydrogen (secondary N) is 1. The zero-order valence-corrected chi connectivity index (χ0v) is 10.8. The van der Waals surface area contributed by atoms with Gasteiger partial charge in [0.2, 0.25) is 17.7 Å². The highest BCUT2D eigenvalue weighted by Crippen LogP contribution is 2.46. The molecular formula is C14H15N3O3. The highest BCUT2D eigenvalue weighted by atomic mass is 16.2. The highest BCUT2D eigenvalue weighted by Gasteiger charge is 2.58. The van der Waals surface area contributed by atoms with Crippen molar-refractivity contribution in [3.63, 3.8) is 0 Å². The lowest BCUT2D eigenvalue weighted by Gasteiger charge is -2.16. The number of fused-ring (bicyclic) bond motifs is 1. The van der Waals surface area contributed by atoms with Gasteiger partial charge in [0.1, 0.15) is 0 Å². The number of carbonyl (C=O) groups excluding carboxylic acids is 3. The Hall–Kier alpha value is -2.37. The number of hydrogen-bond donors (Lipinski definition) is 2. The normalized spacial score (nSPS) is 23.7. The van der Waals surface area contributed by atoms with Crippen LogP contribution in [-0.4, -0.2) is 29.2 Å². The molecule has 3 amide bonds. The first kappa shape index (κ1) is 12.7. The van der Waals surface area contributed by atoms with Crippen molar-refractivity contribution < 1.29 is 14.4 Å². The van der Waals surface area contributed by atoms with E-state index in [1.54, 1.807) is 24.3 Å². The van der Waals surface area contributed by atoms with Crippen LogP contribution in [0.4, 0.5) is 11.4 Å². The molecule has 2 unspecified atom stereocenters. The summed E-state index contributed by atoms with van der Waals surface area (Å²) in [4.78, 5) is 36.5. The van der Waals surface area contributed by atoms with E-state index in [1.807, 2.05) is 0 Å². The van der Waals surface area contributed by atoms with E-state index in [1.165, 1.54) is 4.90 Å². The third kappa shape index (κ3) is 2.13. The molecule has 2 atom stereocenters. The lowest BCUT2D eigenvalue weighted by atomic mass is 10.2. The van der Waals surface area contributed by atoms with E-state index >= 15 is 0 Å². The lowest BCUT2D eigenvalue weighted by molar-refractivity contribution is -0.141. The molecule has 1 aromatic carbocycles. The molecule has 1 saturated carbocycles. The highest BCUT2D eigenvalue weighted by molar-refractivity contribution is 6.09. The second kappa shape index (κ2) is 4.63. The number of nitrogens with zero attached hydrogens (tertiary/aromatic N) is 1. The van der Waals surface area contributed by atoms with Gasteiger partial charge >= 0.3 is 0 Å². The number of hydrogen-bond acceptors (Lipinski definition) is 4. The molecule has 1 saturated heterocycles. The molecule has 2 fully saturated rings. The Morgan fingerprint density at radius 2 is 1.90 bits per heavy atom. The largest absolute Gasteiger partial charge is 0.397 e. The smallest absolute Gasteiger partial charge is 0.233 e.